The summed E-state index contributed by atoms with van der Waals surface area (Å²) in [5.74, 6) is -1.11. The van der Waals surface area contributed by atoms with E-state index < -0.39 is 24.5 Å². The highest BCUT2D eigenvalue weighted by molar-refractivity contribution is 6.03. The Hall–Kier alpha value is -3.69. The second-order valence-corrected chi connectivity index (χ2v) is 6.52. The van der Waals surface area contributed by atoms with Crippen molar-refractivity contribution in [2.45, 2.75) is 19.0 Å². The standard InChI is InChI=1S/C21H17F4N3O3/c22-14-7-5-13(6-8-14)17-11-26-19(31-17)10-9-18(29)28-16-4-2-1-3-15(16)20(30)27-12-21(23,24)25/h1-8,11H,9-10,12H2,(H,27,30)(H,28,29). The zero-order valence-corrected chi connectivity index (χ0v) is 16.0. The van der Waals surface area contributed by atoms with Gasteiger partial charge < -0.3 is 15.1 Å². The molecule has 0 atom stereocenters. The molecule has 6 nitrogen and oxygen atoms in total. The van der Waals surface area contributed by atoms with Gasteiger partial charge in [-0.15, -0.1) is 0 Å². The van der Waals surface area contributed by atoms with E-state index in [2.05, 4.69) is 10.3 Å². The normalized spacial score (nSPS) is 11.2. The topological polar surface area (TPSA) is 84.2 Å². The van der Waals surface area contributed by atoms with Gasteiger partial charge in [-0.1, -0.05) is 12.1 Å². The number of carbonyl (C=O) groups is 2. The van der Waals surface area contributed by atoms with E-state index in [0.29, 0.717) is 11.3 Å². The Balaban J connectivity index is 1.58. The summed E-state index contributed by atoms with van der Waals surface area (Å²) in [7, 11) is 0. The average Bonchev–Trinajstić information content (AvgIpc) is 3.20. The summed E-state index contributed by atoms with van der Waals surface area (Å²) in [6, 6.07) is 11.4. The van der Waals surface area contributed by atoms with Crippen molar-refractivity contribution in [2.75, 3.05) is 11.9 Å². The van der Waals surface area contributed by atoms with E-state index in [1.807, 2.05) is 0 Å². The molecule has 162 valence electrons. The third-order valence-corrected chi connectivity index (χ3v) is 4.14. The van der Waals surface area contributed by atoms with E-state index in [0.717, 1.165) is 0 Å². The Morgan fingerprint density at radius 3 is 2.45 bits per heavy atom. The number of aromatic nitrogens is 1. The van der Waals surface area contributed by atoms with Crippen LogP contribution in [0.15, 0.2) is 59.1 Å². The fraction of sp³-hybridized carbons (Fsp3) is 0.190. The molecular weight excluding hydrogens is 418 g/mol. The fourth-order valence-corrected chi connectivity index (χ4v) is 2.67. The summed E-state index contributed by atoms with van der Waals surface area (Å²) in [6.45, 7) is -1.48. The molecule has 0 aliphatic rings. The zero-order chi connectivity index (χ0) is 22.4. The summed E-state index contributed by atoms with van der Waals surface area (Å²) in [5, 5.41) is 4.28. The highest BCUT2D eigenvalue weighted by Crippen LogP contribution is 2.22. The summed E-state index contributed by atoms with van der Waals surface area (Å²) in [6.07, 6.45) is -2.98. The van der Waals surface area contributed by atoms with Crippen LogP contribution in [0.4, 0.5) is 23.2 Å². The second-order valence-electron chi connectivity index (χ2n) is 6.52. The summed E-state index contributed by atoms with van der Waals surface area (Å²) < 4.78 is 55.5. The van der Waals surface area contributed by atoms with Crippen LogP contribution < -0.4 is 10.6 Å². The largest absolute Gasteiger partial charge is 0.441 e. The molecule has 3 aromatic rings. The second kappa shape index (κ2) is 9.41. The number of aryl methyl sites for hydroxylation is 1. The molecule has 0 saturated heterocycles. The third kappa shape index (κ3) is 6.39. The number of nitrogens with zero attached hydrogens (tertiary/aromatic N) is 1. The molecule has 2 N–H and O–H groups in total. The number of hydrogen-bond acceptors (Lipinski definition) is 4. The molecule has 2 aromatic carbocycles. The van der Waals surface area contributed by atoms with Crippen molar-refractivity contribution >= 4 is 17.5 Å². The summed E-state index contributed by atoms with van der Waals surface area (Å²) in [4.78, 5) is 28.4. The number of oxazole rings is 1. The third-order valence-electron chi connectivity index (χ3n) is 4.14. The van der Waals surface area contributed by atoms with E-state index in [4.69, 9.17) is 4.42 Å². The Kier molecular flexibility index (Phi) is 6.68. The van der Waals surface area contributed by atoms with E-state index in [9.17, 15) is 27.2 Å². The molecule has 0 fully saturated rings. The Labute approximate surface area is 174 Å². The van der Waals surface area contributed by atoms with E-state index in [-0.39, 0.29) is 35.8 Å². The van der Waals surface area contributed by atoms with Crippen molar-refractivity contribution in [1.82, 2.24) is 10.3 Å². The number of halogens is 4. The summed E-state index contributed by atoms with van der Waals surface area (Å²) >= 11 is 0. The minimum Gasteiger partial charge on any atom is -0.441 e. The molecule has 0 radical (unpaired) electrons. The van der Waals surface area contributed by atoms with Crippen molar-refractivity contribution in [2.24, 2.45) is 0 Å². The van der Waals surface area contributed by atoms with Crippen LogP contribution in [0.5, 0.6) is 0 Å². The van der Waals surface area contributed by atoms with Crippen LogP contribution in [0.3, 0.4) is 0 Å². The van der Waals surface area contributed by atoms with Crippen LogP contribution in [0.2, 0.25) is 0 Å². The maximum atomic E-state index is 13.0. The molecule has 0 aliphatic heterocycles. The molecule has 3 rings (SSSR count). The van der Waals surface area contributed by atoms with Gasteiger partial charge in [0.15, 0.2) is 11.7 Å². The van der Waals surface area contributed by atoms with Gasteiger partial charge in [0.25, 0.3) is 5.91 Å². The maximum absolute atomic E-state index is 13.0. The van der Waals surface area contributed by atoms with Crippen molar-refractivity contribution in [3.05, 3.63) is 72.0 Å². The van der Waals surface area contributed by atoms with Gasteiger partial charge in [-0.3, -0.25) is 9.59 Å². The monoisotopic (exact) mass is 435 g/mol. The molecule has 0 bridgehead atoms. The molecule has 31 heavy (non-hydrogen) atoms. The van der Waals surface area contributed by atoms with Crippen LogP contribution in [-0.2, 0) is 11.2 Å². The molecule has 0 spiro atoms. The molecular formula is C21H17F4N3O3. The van der Waals surface area contributed by atoms with Crippen molar-refractivity contribution in [1.29, 1.82) is 0 Å². The molecule has 1 aromatic heterocycles. The molecule has 0 saturated carbocycles. The lowest BCUT2D eigenvalue weighted by molar-refractivity contribution is -0.123. The smallest absolute Gasteiger partial charge is 0.405 e. The number of amides is 2. The van der Waals surface area contributed by atoms with Gasteiger partial charge in [0.05, 0.1) is 17.4 Å². The van der Waals surface area contributed by atoms with E-state index in [1.165, 1.54) is 48.7 Å². The zero-order valence-electron chi connectivity index (χ0n) is 16.0. The van der Waals surface area contributed by atoms with Crippen LogP contribution in [0.1, 0.15) is 22.7 Å². The van der Waals surface area contributed by atoms with E-state index >= 15 is 0 Å². The minimum atomic E-state index is -4.54. The Morgan fingerprint density at radius 2 is 1.74 bits per heavy atom. The number of anilines is 1. The fourth-order valence-electron chi connectivity index (χ4n) is 2.67. The SMILES string of the molecule is O=C(CCc1ncc(-c2ccc(F)cc2)o1)Nc1ccccc1C(=O)NCC(F)(F)F. The lowest BCUT2D eigenvalue weighted by Crippen LogP contribution is -2.34. The summed E-state index contributed by atoms with van der Waals surface area (Å²) in [5.41, 5.74) is 0.629. The first kappa shape index (κ1) is 22.0. The van der Waals surface area contributed by atoms with Crippen LogP contribution in [0.25, 0.3) is 11.3 Å². The van der Waals surface area contributed by atoms with Gasteiger partial charge in [-0.2, -0.15) is 13.2 Å². The highest BCUT2D eigenvalue weighted by Gasteiger charge is 2.28. The van der Waals surface area contributed by atoms with Crippen molar-refractivity contribution < 1.29 is 31.6 Å². The molecule has 10 heteroatoms. The minimum absolute atomic E-state index is 0.0398. The first-order chi connectivity index (χ1) is 14.7. The van der Waals surface area contributed by atoms with Crippen LogP contribution in [-0.4, -0.2) is 29.5 Å². The predicted molar refractivity (Wildman–Crippen MR) is 104 cm³/mol. The number of alkyl halides is 3. The van der Waals surface area contributed by atoms with Gasteiger partial charge in [0, 0.05) is 18.4 Å². The van der Waals surface area contributed by atoms with Crippen LogP contribution >= 0.6 is 0 Å². The number of hydrogen-bond donors (Lipinski definition) is 2. The Morgan fingerprint density at radius 1 is 1.03 bits per heavy atom. The predicted octanol–water partition coefficient (Wildman–Crippen LogP) is 4.34. The maximum Gasteiger partial charge on any atom is 0.405 e. The van der Waals surface area contributed by atoms with Gasteiger partial charge in [-0.05, 0) is 36.4 Å². The first-order valence-corrected chi connectivity index (χ1v) is 9.16. The number of nitrogens with one attached hydrogen (secondary N) is 2. The van der Waals surface area contributed by atoms with Gasteiger partial charge >= 0.3 is 6.18 Å². The average molecular weight is 435 g/mol. The molecule has 0 aliphatic carbocycles. The number of benzene rings is 2. The van der Waals surface area contributed by atoms with Gasteiger partial charge in [0.1, 0.15) is 12.4 Å². The highest BCUT2D eigenvalue weighted by atomic mass is 19.4. The number of para-hydroxylation sites is 1. The molecule has 1 heterocycles. The van der Waals surface area contributed by atoms with Crippen molar-refractivity contribution in [3.8, 4) is 11.3 Å². The Bertz CT molecular complexity index is 1060. The molecule has 2 amide bonds. The van der Waals surface area contributed by atoms with Crippen molar-refractivity contribution in [3.63, 3.8) is 0 Å². The number of rotatable bonds is 7. The van der Waals surface area contributed by atoms with Crippen LogP contribution in [0, 0.1) is 5.82 Å². The molecule has 0 unspecified atom stereocenters. The van der Waals surface area contributed by atoms with Gasteiger partial charge in [-0.25, -0.2) is 9.37 Å². The first-order valence-electron chi connectivity index (χ1n) is 9.16. The lowest BCUT2D eigenvalue weighted by Gasteiger charge is -2.12. The lowest BCUT2D eigenvalue weighted by atomic mass is 10.1. The van der Waals surface area contributed by atoms with Gasteiger partial charge in [0.2, 0.25) is 5.91 Å². The quantitative estimate of drug-likeness (QED) is 0.541. The number of carbonyl (C=O) groups excluding carboxylic acids is 2. The van der Waals surface area contributed by atoms with E-state index in [1.54, 1.807) is 11.4 Å².